The van der Waals surface area contributed by atoms with Crippen LogP contribution in [-0.2, 0) is 25.4 Å². The minimum atomic E-state index is -0.512. The second-order valence-electron chi connectivity index (χ2n) is 8.18. The summed E-state index contributed by atoms with van der Waals surface area (Å²) in [5, 5.41) is 5.82. The third-order valence-corrected chi connectivity index (χ3v) is 5.90. The summed E-state index contributed by atoms with van der Waals surface area (Å²) < 4.78 is 3.66. The molecule has 1 aliphatic rings. The Kier molecular flexibility index (Phi) is 5.93. The van der Waals surface area contributed by atoms with Gasteiger partial charge in [-0.15, -0.1) is 0 Å². The van der Waals surface area contributed by atoms with Crippen molar-refractivity contribution in [3.8, 4) is 0 Å². The van der Waals surface area contributed by atoms with Gasteiger partial charge in [0.2, 0.25) is 5.91 Å². The minimum Gasteiger partial charge on any atom is -0.349 e. The monoisotopic (exact) mass is 438 g/mol. The van der Waals surface area contributed by atoms with Gasteiger partial charge in [-0.2, -0.15) is 0 Å². The second kappa shape index (κ2) is 8.81. The van der Waals surface area contributed by atoms with Gasteiger partial charge in [0.15, 0.2) is 11.2 Å². The van der Waals surface area contributed by atoms with Crippen molar-refractivity contribution in [2.45, 2.75) is 44.7 Å². The fourth-order valence-electron chi connectivity index (χ4n) is 4.09. The third kappa shape index (κ3) is 4.20. The number of hydrogen-bond donors (Lipinski definition) is 2. The van der Waals surface area contributed by atoms with Crippen molar-refractivity contribution in [1.29, 1.82) is 0 Å². The second-order valence-corrected chi connectivity index (χ2v) is 8.18. The third-order valence-electron chi connectivity index (χ3n) is 5.90. The van der Waals surface area contributed by atoms with Gasteiger partial charge >= 0.3 is 5.69 Å². The average molecular weight is 438 g/mol. The first-order valence-corrected chi connectivity index (χ1v) is 10.7. The van der Waals surface area contributed by atoms with Crippen molar-refractivity contribution in [2.75, 3.05) is 5.32 Å². The van der Waals surface area contributed by atoms with E-state index in [4.69, 9.17) is 0 Å². The van der Waals surface area contributed by atoms with Crippen LogP contribution in [0.25, 0.3) is 11.2 Å². The average Bonchev–Trinajstić information content (AvgIpc) is 3.21. The highest BCUT2D eigenvalue weighted by atomic mass is 16.2. The van der Waals surface area contributed by atoms with E-state index in [9.17, 15) is 19.2 Å². The molecule has 1 aromatic carbocycles. The number of imidazole rings is 1. The number of hydrogen-bond acceptors (Lipinski definition) is 5. The SMILES string of the molecule is Cn1c(=O)c2c(ncn2CC(=O)Nc2ccc(C(=O)NC3CCCCC3)cc2)n(C)c1=O. The van der Waals surface area contributed by atoms with Crippen LogP contribution in [0.15, 0.2) is 40.2 Å². The molecule has 1 fully saturated rings. The van der Waals surface area contributed by atoms with Crippen molar-refractivity contribution in [3.63, 3.8) is 0 Å². The number of aromatic nitrogens is 4. The summed E-state index contributed by atoms with van der Waals surface area (Å²) in [4.78, 5) is 53.6. The first-order valence-electron chi connectivity index (χ1n) is 10.7. The Hall–Kier alpha value is -3.69. The molecule has 3 aromatic rings. The van der Waals surface area contributed by atoms with Gasteiger partial charge in [-0.3, -0.25) is 23.5 Å². The zero-order valence-corrected chi connectivity index (χ0v) is 18.1. The molecule has 0 radical (unpaired) electrons. The molecule has 0 saturated heterocycles. The van der Waals surface area contributed by atoms with Crippen LogP contribution in [-0.4, -0.2) is 36.5 Å². The molecular formula is C22H26N6O4. The lowest BCUT2D eigenvalue weighted by atomic mass is 9.95. The molecule has 0 unspecified atom stereocenters. The molecule has 0 atom stereocenters. The molecule has 1 aliphatic carbocycles. The van der Waals surface area contributed by atoms with E-state index >= 15 is 0 Å². The topological polar surface area (TPSA) is 120 Å². The predicted molar refractivity (Wildman–Crippen MR) is 120 cm³/mol. The lowest BCUT2D eigenvalue weighted by Crippen LogP contribution is -2.37. The number of nitrogens with zero attached hydrogens (tertiary/aromatic N) is 4. The number of fused-ring (bicyclic) bond motifs is 1. The van der Waals surface area contributed by atoms with Crippen molar-refractivity contribution in [3.05, 3.63) is 57.0 Å². The fraction of sp³-hybridized carbons (Fsp3) is 0.409. The molecule has 2 N–H and O–H groups in total. The molecule has 4 rings (SSSR count). The molecular weight excluding hydrogens is 412 g/mol. The Bertz CT molecular complexity index is 1280. The van der Waals surface area contributed by atoms with E-state index in [0.29, 0.717) is 11.3 Å². The first-order chi connectivity index (χ1) is 15.3. The van der Waals surface area contributed by atoms with Crippen molar-refractivity contribution < 1.29 is 9.59 Å². The maximum Gasteiger partial charge on any atom is 0.332 e. The van der Waals surface area contributed by atoms with Gasteiger partial charge in [0.1, 0.15) is 6.54 Å². The van der Waals surface area contributed by atoms with Crippen LogP contribution in [0.4, 0.5) is 5.69 Å². The van der Waals surface area contributed by atoms with Crippen LogP contribution in [0.5, 0.6) is 0 Å². The number of amides is 2. The van der Waals surface area contributed by atoms with Gasteiger partial charge in [0.25, 0.3) is 11.5 Å². The first kappa shape index (κ1) is 21.5. The molecule has 2 aromatic heterocycles. The van der Waals surface area contributed by atoms with E-state index in [-0.39, 0.29) is 35.6 Å². The molecule has 0 bridgehead atoms. The zero-order valence-electron chi connectivity index (χ0n) is 18.1. The normalized spacial score (nSPS) is 14.4. The largest absolute Gasteiger partial charge is 0.349 e. The van der Waals surface area contributed by atoms with Gasteiger partial charge in [0.05, 0.1) is 6.33 Å². The van der Waals surface area contributed by atoms with E-state index in [1.165, 1.54) is 36.0 Å². The molecule has 2 amide bonds. The Morgan fingerprint density at radius 1 is 1.03 bits per heavy atom. The highest BCUT2D eigenvalue weighted by Crippen LogP contribution is 2.18. The summed E-state index contributed by atoms with van der Waals surface area (Å²) in [6.45, 7) is -0.145. The number of aryl methyl sites for hydroxylation is 1. The highest BCUT2D eigenvalue weighted by molar-refractivity contribution is 5.96. The molecule has 1 saturated carbocycles. The maximum absolute atomic E-state index is 12.5. The Balaban J connectivity index is 1.43. The molecule has 2 heterocycles. The number of nitrogens with one attached hydrogen (secondary N) is 2. The van der Waals surface area contributed by atoms with Gasteiger partial charge in [-0.1, -0.05) is 19.3 Å². The standard InChI is InChI=1S/C22H26N6O4/c1-26-19-18(21(31)27(2)22(26)32)28(13-23-19)12-17(29)24-16-10-8-14(9-11-16)20(30)25-15-6-4-3-5-7-15/h8-11,13,15H,3-7,12H2,1-2H3,(H,24,29)(H,25,30). The number of anilines is 1. The number of carbonyl (C=O) groups excluding carboxylic acids is 2. The summed E-state index contributed by atoms with van der Waals surface area (Å²) in [7, 11) is 2.90. The lowest BCUT2D eigenvalue weighted by Gasteiger charge is -2.22. The van der Waals surface area contributed by atoms with Gasteiger partial charge in [-0.05, 0) is 37.1 Å². The summed E-state index contributed by atoms with van der Waals surface area (Å²) in [5.41, 5.74) is 0.484. The Labute approximate surface area is 183 Å². The summed E-state index contributed by atoms with van der Waals surface area (Å²) in [6, 6.07) is 6.91. The molecule has 10 heteroatoms. The van der Waals surface area contributed by atoms with Gasteiger partial charge < -0.3 is 15.2 Å². The molecule has 32 heavy (non-hydrogen) atoms. The van der Waals surface area contributed by atoms with Crippen LogP contribution in [0.2, 0.25) is 0 Å². The summed E-state index contributed by atoms with van der Waals surface area (Å²) in [5.74, 6) is -0.472. The molecule has 10 nitrogen and oxygen atoms in total. The Morgan fingerprint density at radius 3 is 2.41 bits per heavy atom. The van der Waals surface area contributed by atoms with Crippen molar-refractivity contribution >= 4 is 28.7 Å². The quantitative estimate of drug-likeness (QED) is 0.619. The van der Waals surface area contributed by atoms with E-state index in [0.717, 1.165) is 30.3 Å². The Morgan fingerprint density at radius 2 is 1.72 bits per heavy atom. The van der Waals surface area contributed by atoms with Gasteiger partial charge in [0, 0.05) is 31.4 Å². The van der Waals surface area contributed by atoms with Crippen molar-refractivity contribution in [2.24, 2.45) is 14.1 Å². The van der Waals surface area contributed by atoms with Crippen LogP contribution < -0.4 is 21.9 Å². The predicted octanol–water partition coefficient (Wildman–Crippen LogP) is 1.13. The van der Waals surface area contributed by atoms with Crippen LogP contribution in [0.3, 0.4) is 0 Å². The molecule has 0 spiro atoms. The lowest BCUT2D eigenvalue weighted by molar-refractivity contribution is -0.116. The smallest absolute Gasteiger partial charge is 0.332 e. The van der Waals surface area contributed by atoms with Crippen molar-refractivity contribution in [1.82, 2.24) is 24.0 Å². The fourth-order valence-corrected chi connectivity index (χ4v) is 4.09. The zero-order chi connectivity index (χ0) is 22.8. The van der Waals surface area contributed by atoms with E-state index < -0.39 is 11.2 Å². The van der Waals surface area contributed by atoms with Crippen LogP contribution in [0.1, 0.15) is 42.5 Å². The maximum atomic E-state index is 12.5. The summed E-state index contributed by atoms with van der Waals surface area (Å²) >= 11 is 0. The number of rotatable bonds is 5. The minimum absolute atomic E-state index is 0.110. The van der Waals surface area contributed by atoms with E-state index in [2.05, 4.69) is 15.6 Å². The van der Waals surface area contributed by atoms with E-state index in [1.807, 2.05) is 0 Å². The summed E-state index contributed by atoms with van der Waals surface area (Å²) in [6.07, 6.45) is 6.90. The molecule has 0 aliphatic heterocycles. The van der Waals surface area contributed by atoms with Crippen LogP contribution >= 0.6 is 0 Å². The highest BCUT2D eigenvalue weighted by Gasteiger charge is 2.18. The molecule has 168 valence electrons. The van der Waals surface area contributed by atoms with Crippen LogP contribution in [0, 0.1) is 0 Å². The number of benzene rings is 1. The van der Waals surface area contributed by atoms with E-state index in [1.54, 1.807) is 24.3 Å². The number of carbonyl (C=O) groups is 2. The van der Waals surface area contributed by atoms with Gasteiger partial charge in [-0.25, -0.2) is 9.78 Å².